The second-order valence-electron chi connectivity index (χ2n) is 3.60. The lowest BCUT2D eigenvalue weighted by Crippen LogP contribution is -2.16. The molecule has 0 radical (unpaired) electrons. The van der Waals surface area contributed by atoms with E-state index in [1.54, 1.807) is 0 Å². The minimum Gasteiger partial charge on any atom is -0.478 e. The van der Waals surface area contributed by atoms with Gasteiger partial charge in [0.25, 0.3) is 0 Å². The Labute approximate surface area is 104 Å². The largest absolute Gasteiger partial charge is 0.478 e. The first-order valence-corrected chi connectivity index (χ1v) is 5.10. The van der Waals surface area contributed by atoms with E-state index in [9.17, 15) is 14.4 Å². The van der Waals surface area contributed by atoms with Crippen molar-refractivity contribution in [3.63, 3.8) is 0 Å². The summed E-state index contributed by atoms with van der Waals surface area (Å²) in [6.45, 7) is 4.56. The summed E-state index contributed by atoms with van der Waals surface area (Å²) >= 11 is 0. The van der Waals surface area contributed by atoms with Crippen LogP contribution in [-0.4, -0.2) is 23.3 Å². The number of carbonyl (C=O) groups is 3. The summed E-state index contributed by atoms with van der Waals surface area (Å²) in [4.78, 5) is 32.3. The van der Waals surface area contributed by atoms with Crippen LogP contribution < -0.4 is 0 Å². The molecular formula is C13H12O5. The van der Waals surface area contributed by atoms with Gasteiger partial charge in [-0.15, -0.1) is 0 Å². The van der Waals surface area contributed by atoms with Gasteiger partial charge >= 0.3 is 11.9 Å². The highest BCUT2D eigenvalue weighted by atomic mass is 16.5. The molecule has 5 heteroatoms. The van der Waals surface area contributed by atoms with Gasteiger partial charge in [-0.25, -0.2) is 4.79 Å². The second kappa shape index (κ2) is 5.77. The smallest absolute Gasteiger partial charge is 0.335 e. The maximum Gasteiger partial charge on any atom is 0.335 e. The number of aldehydes is 1. The van der Waals surface area contributed by atoms with Crippen molar-refractivity contribution in [1.82, 2.24) is 0 Å². The Morgan fingerprint density at radius 2 is 1.89 bits per heavy atom. The van der Waals surface area contributed by atoms with Crippen LogP contribution in [0.1, 0.15) is 28.9 Å². The van der Waals surface area contributed by atoms with Gasteiger partial charge in [-0.2, -0.15) is 0 Å². The maximum atomic E-state index is 11.0. The molecular weight excluding hydrogens is 236 g/mol. The average molecular weight is 248 g/mol. The van der Waals surface area contributed by atoms with Crippen molar-refractivity contribution >= 4 is 18.2 Å². The van der Waals surface area contributed by atoms with Gasteiger partial charge in [0.15, 0.2) is 6.10 Å². The van der Waals surface area contributed by atoms with Crippen LogP contribution in [0.15, 0.2) is 36.4 Å². The number of rotatable bonds is 5. The molecule has 0 saturated carbocycles. The van der Waals surface area contributed by atoms with Crippen molar-refractivity contribution in [1.29, 1.82) is 0 Å². The fourth-order valence-corrected chi connectivity index (χ4v) is 1.37. The first kappa shape index (κ1) is 13.6. The summed E-state index contributed by atoms with van der Waals surface area (Å²) in [7, 11) is 0. The van der Waals surface area contributed by atoms with Gasteiger partial charge in [0.05, 0.1) is 5.57 Å². The molecule has 0 aromatic heterocycles. The van der Waals surface area contributed by atoms with Crippen LogP contribution in [0.5, 0.6) is 0 Å². The van der Waals surface area contributed by atoms with Gasteiger partial charge in [0, 0.05) is 12.5 Å². The summed E-state index contributed by atoms with van der Waals surface area (Å²) in [6, 6.07) is 6.05. The quantitative estimate of drug-likeness (QED) is 0.487. The van der Waals surface area contributed by atoms with E-state index in [0.29, 0.717) is 17.4 Å². The van der Waals surface area contributed by atoms with Gasteiger partial charge in [0.1, 0.15) is 6.29 Å². The highest BCUT2D eigenvalue weighted by Crippen LogP contribution is 2.25. The number of hydrogen-bond acceptors (Lipinski definition) is 4. The maximum absolute atomic E-state index is 11.0. The fourth-order valence-electron chi connectivity index (χ4n) is 1.37. The Morgan fingerprint density at radius 1 is 1.33 bits per heavy atom. The molecule has 0 aliphatic carbocycles. The number of carboxylic acids is 1. The number of carbonyl (C=O) groups excluding carboxylic acids is 2. The molecule has 0 aliphatic rings. The van der Waals surface area contributed by atoms with Crippen molar-refractivity contribution in [2.24, 2.45) is 0 Å². The van der Waals surface area contributed by atoms with Crippen LogP contribution in [0.2, 0.25) is 0 Å². The van der Waals surface area contributed by atoms with Crippen LogP contribution in [0.3, 0.4) is 0 Å². The standard InChI is InChI=1S/C13H12O5/c1-8(13(16)17)12(18-9(2)15)11-5-3-10(7-14)4-6-11/h3-7,12H,1H2,2H3,(H,16,17). The number of esters is 1. The number of hydrogen-bond donors (Lipinski definition) is 1. The molecule has 0 fully saturated rings. The fraction of sp³-hybridized carbons (Fsp3) is 0.154. The van der Waals surface area contributed by atoms with Crippen molar-refractivity contribution in [2.75, 3.05) is 0 Å². The van der Waals surface area contributed by atoms with Gasteiger partial charge < -0.3 is 9.84 Å². The minimum absolute atomic E-state index is 0.246. The van der Waals surface area contributed by atoms with Crippen LogP contribution >= 0.6 is 0 Å². The first-order valence-electron chi connectivity index (χ1n) is 5.10. The minimum atomic E-state index is -1.25. The number of benzene rings is 1. The van der Waals surface area contributed by atoms with E-state index < -0.39 is 18.0 Å². The molecule has 0 heterocycles. The molecule has 18 heavy (non-hydrogen) atoms. The molecule has 1 atom stereocenters. The monoisotopic (exact) mass is 248 g/mol. The zero-order valence-electron chi connectivity index (χ0n) is 9.75. The predicted molar refractivity (Wildman–Crippen MR) is 63.1 cm³/mol. The number of ether oxygens (including phenoxy) is 1. The van der Waals surface area contributed by atoms with Crippen LogP contribution in [0.4, 0.5) is 0 Å². The Bertz CT molecular complexity index is 487. The molecule has 0 aliphatic heterocycles. The van der Waals surface area contributed by atoms with E-state index in [1.165, 1.54) is 31.2 Å². The molecule has 1 unspecified atom stereocenters. The number of carboxylic acid groups (broad SMARTS) is 1. The predicted octanol–water partition coefficient (Wildman–Crippen LogP) is 1.74. The van der Waals surface area contributed by atoms with Crippen molar-refractivity contribution in [2.45, 2.75) is 13.0 Å². The highest BCUT2D eigenvalue weighted by Gasteiger charge is 2.23. The van der Waals surface area contributed by atoms with Gasteiger partial charge in [-0.05, 0) is 5.56 Å². The average Bonchev–Trinajstić information content (AvgIpc) is 2.35. The van der Waals surface area contributed by atoms with E-state index in [4.69, 9.17) is 9.84 Å². The molecule has 1 aromatic carbocycles. The Balaban J connectivity index is 3.08. The molecule has 94 valence electrons. The lowest BCUT2D eigenvalue weighted by Gasteiger charge is -2.17. The Morgan fingerprint density at radius 3 is 2.28 bits per heavy atom. The molecule has 1 aromatic rings. The molecule has 1 N–H and O–H groups in total. The van der Waals surface area contributed by atoms with Crippen LogP contribution in [0.25, 0.3) is 0 Å². The molecule has 0 bridgehead atoms. The van der Waals surface area contributed by atoms with Crippen molar-refractivity contribution in [3.8, 4) is 0 Å². The van der Waals surface area contributed by atoms with E-state index >= 15 is 0 Å². The zero-order valence-corrected chi connectivity index (χ0v) is 9.75. The third kappa shape index (κ3) is 3.28. The zero-order chi connectivity index (χ0) is 13.7. The third-order valence-electron chi connectivity index (χ3n) is 2.25. The second-order valence-corrected chi connectivity index (χ2v) is 3.60. The lowest BCUT2D eigenvalue weighted by molar-refractivity contribution is -0.146. The van der Waals surface area contributed by atoms with Gasteiger partial charge in [-0.3, -0.25) is 9.59 Å². The third-order valence-corrected chi connectivity index (χ3v) is 2.25. The number of aliphatic carboxylic acids is 1. The van der Waals surface area contributed by atoms with E-state index in [-0.39, 0.29) is 5.57 Å². The van der Waals surface area contributed by atoms with Crippen LogP contribution in [0, 0.1) is 0 Å². The summed E-state index contributed by atoms with van der Waals surface area (Å²) in [5, 5.41) is 8.88. The summed E-state index contributed by atoms with van der Waals surface area (Å²) in [5.41, 5.74) is 0.647. The summed E-state index contributed by atoms with van der Waals surface area (Å²) < 4.78 is 4.93. The molecule has 0 spiro atoms. The highest BCUT2D eigenvalue weighted by molar-refractivity contribution is 5.88. The topological polar surface area (TPSA) is 80.7 Å². The Hall–Kier alpha value is -2.43. The summed E-state index contributed by atoms with van der Waals surface area (Å²) in [6.07, 6.45) is -0.392. The lowest BCUT2D eigenvalue weighted by atomic mass is 10.0. The first-order chi connectivity index (χ1) is 8.45. The van der Waals surface area contributed by atoms with Crippen LogP contribution in [-0.2, 0) is 14.3 Å². The Kier molecular flexibility index (Phi) is 4.37. The molecule has 0 amide bonds. The normalized spacial score (nSPS) is 11.4. The van der Waals surface area contributed by atoms with E-state index in [1.807, 2.05) is 0 Å². The van der Waals surface area contributed by atoms with E-state index in [2.05, 4.69) is 6.58 Å². The van der Waals surface area contributed by atoms with Gasteiger partial charge in [0.2, 0.25) is 0 Å². The van der Waals surface area contributed by atoms with Crippen molar-refractivity contribution < 1.29 is 24.2 Å². The summed E-state index contributed by atoms with van der Waals surface area (Å²) in [5.74, 6) is -1.86. The van der Waals surface area contributed by atoms with Crippen molar-refractivity contribution in [3.05, 3.63) is 47.5 Å². The molecule has 5 nitrogen and oxygen atoms in total. The van der Waals surface area contributed by atoms with Gasteiger partial charge in [-0.1, -0.05) is 30.8 Å². The molecule has 1 rings (SSSR count). The SMILES string of the molecule is C=C(C(=O)O)C(OC(C)=O)c1ccc(C=O)cc1. The van der Waals surface area contributed by atoms with E-state index in [0.717, 1.165) is 0 Å². The molecule has 0 saturated heterocycles.